The molecule has 0 saturated carbocycles. The molecule has 0 unspecified atom stereocenters. The predicted molar refractivity (Wildman–Crippen MR) is 64.9 cm³/mol. The van der Waals surface area contributed by atoms with E-state index in [9.17, 15) is 4.79 Å². The van der Waals surface area contributed by atoms with Gasteiger partial charge in [0.15, 0.2) is 0 Å². The molecular weight excluding hydrogens is 230 g/mol. The first kappa shape index (κ1) is 11.1. The van der Waals surface area contributed by atoms with Gasteiger partial charge in [-0.2, -0.15) is 5.10 Å². The summed E-state index contributed by atoms with van der Waals surface area (Å²) in [6, 6.07) is 5.58. The summed E-state index contributed by atoms with van der Waals surface area (Å²) < 4.78 is 7.06. The molecule has 2 aromatic rings. The van der Waals surface area contributed by atoms with E-state index < -0.39 is 0 Å². The summed E-state index contributed by atoms with van der Waals surface area (Å²) in [6.45, 7) is 0.765. The lowest BCUT2D eigenvalue weighted by atomic mass is 10.1. The van der Waals surface area contributed by atoms with Gasteiger partial charge in [-0.05, 0) is 31.0 Å². The lowest BCUT2D eigenvalue weighted by Crippen LogP contribution is -2.30. The van der Waals surface area contributed by atoms with Crippen molar-refractivity contribution < 1.29 is 9.21 Å². The van der Waals surface area contributed by atoms with Crippen LogP contribution >= 0.6 is 0 Å². The van der Waals surface area contributed by atoms with Gasteiger partial charge < -0.3 is 9.32 Å². The third kappa shape index (κ3) is 1.81. The van der Waals surface area contributed by atoms with E-state index in [1.807, 2.05) is 24.1 Å². The van der Waals surface area contributed by atoms with Gasteiger partial charge in [0.2, 0.25) is 0 Å². The van der Waals surface area contributed by atoms with Crippen LogP contribution in [0.1, 0.15) is 35.1 Å². The minimum atomic E-state index is -0.0190. The molecule has 1 aliphatic heterocycles. The topological polar surface area (TPSA) is 51.3 Å². The van der Waals surface area contributed by atoms with E-state index >= 15 is 0 Å². The number of aromatic nitrogens is 2. The van der Waals surface area contributed by atoms with Crippen molar-refractivity contribution in [2.75, 3.05) is 6.54 Å². The molecule has 0 aliphatic carbocycles. The summed E-state index contributed by atoms with van der Waals surface area (Å²) >= 11 is 0. The Balaban J connectivity index is 1.85. The zero-order chi connectivity index (χ0) is 12.5. The van der Waals surface area contributed by atoms with Crippen LogP contribution in [-0.4, -0.2) is 27.1 Å². The Morgan fingerprint density at radius 3 is 3.06 bits per heavy atom. The SMILES string of the molecule is Cn1ccc(C(=O)N2CCC[C@H]2c2ccco2)n1. The van der Waals surface area contributed by atoms with Gasteiger partial charge in [0, 0.05) is 19.8 Å². The third-order valence-electron chi connectivity index (χ3n) is 3.32. The van der Waals surface area contributed by atoms with E-state index in [0.717, 1.165) is 25.1 Å². The fraction of sp³-hybridized carbons (Fsp3) is 0.385. The smallest absolute Gasteiger partial charge is 0.274 e. The quantitative estimate of drug-likeness (QED) is 0.813. The molecule has 5 heteroatoms. The van der Waals surface area contributed by atoms with E-state index in [1.54, 1.807) is 23.2 Å². The fourth-order valence-corrected chi connectivity index (χ4v) is 2.46. The number of nitrogens with zero attached hydrogens (tertiary/aromatic N) is 3. The van der Waals surface area contributed by atoms with Crippen molar-refractivity contribution in [3.63, 3.8) is 0 Å². The summed E-state index contributed by atoms with van der Waals surface area (Å²) in [7, 11) is 1.81. The number of amides is 1. The molecule has 3 heterocycles. The molecule has 5 nitrogen and oxygen atoms in total. The fourth-order valence-electron chi connectivity index (χ4n) is 2.46. The average molecular weight is 245 g/mol. The van der Waals surface area contributed by atoms with Gasteiger partial charge in [-0.3, -0.25) is 9.48 Å². The summed E-state index contributed by atoms with van der Waals surface area (Å²) in [5, 5.41) is 4.17. The highest BCUT2D eigenvalue weighted by atomic mass is 16.3. The van der Waals surface area contributed by atoms with Crippen molar-refractivity contribution in [2.24, 2.45) is 7.05 Å². The van der Waals surface area contributed by atoms with Gasteiger partial charge in [0.25, 0.3) is 5.91 Å². The minimum Gasteiger partial charge on any atom is -0.467 e. The predicted octanol–water partition coefficient (Wildman–Crippen LogP) is 1.99. The molecule has 1 amide bonds. The van der Waals surface area contributed by atoms with Crippen LogP contribution in [0.5, 0.6) is 0 Å². The van der Waals surface area contributed by atoms with Gasteiger partial charge in [-0.25, -0.2) is 0 Å². The molecule has 0 spiro atoms. The zero-order valence-corrected chi connectivity index (χ0v) is 10.2. The molecule has 94 valence electrons. The maximum absolute atomic E-state index is 12.4. The molecule has 0 aromatic carbocycles. The standard InChI is InChI=1S/C13H15N3O2/c1-15-8-6-10(14-15)13(17)16-7-2-4-11(16)12-5-3-9-18-12/h3,5-6,8-9,11H,2,4,7H2,1H3/t11-/m0/s1. The summed E-state index contributed by atoms with van der Waals surface area (Å²) in [5.74, 6) is 0.839. The highest BCUT2D eigenvalue weighted by Crippen LogP contribution is 2.32. The Bertz CT molecular complexity index is 544. The molecule has 1 saturated heterocycles. The number of rotatable bonds is 2. The molecule has 3 rings (SSSR count). The van der Waals surface area contributed by atoms with Gasteiger partial charge in [0.1, 0.15) is 11.5 Å². The largest absolute Gasteiger partial charge is 0.467 e. The Hall–Kier alpha value is -2.04. The van der Waals surface area contributed by atoms with Crippen molar-refractivity contribution >= 4 is 5.91 Å². The van der Waals surface area contributed by atoms with Crippen LogP contribution in [0.4, 0.5) is 0 Å². The molecule has 18 heavy (non-hydrogen) atoms. The number of carbonyl (C=O) groups excluding carboxylic acids is 1. The van der Waals surface area contributed by atoms with E-state index in [2.05, 4.69) is 5.10 Å². The summed E-state index contributed by atoms with van der Waals surface area (Å²) in [4.78, 5) is 14.2. The van der Waals surface area contributed by atoms with Crippen LogP contribution in [0.2, 0.25) is 0 Å². The minimum absolute atomic E-state index is 0.0190. The van der Waals surface area contributed by atoms with Crippen molar-refractivity contribution in [3.05, 3.63) is 42.1 Å². The van der Waals surface area contributed by atoms with Gasteiger partial charge in [-0.1, -0.05) is 0 Å². The van der Waals surface area contributed by atoms with Gasteiger partial charge in [0.05, 0.1) is 12.3 Å². The van der Waals surface area contributed by atoms with Crippen molar-refractivity contribution in [3.8, 4) is 0 Å². The number of carbonyl (C=O) groups is 1. The Kier molecular flexibility index (Phi) is 2.66. The number of hydrogen-bond donors (Lipinski definition) is 0. The van der Waals surface area contributed by atoms with Gasteiger partial charge >= 0.3 is 0 Å². The van der Waals surface area contributed by atoms with E-state index in [0.29, 0.717) is 5.69 Å². The van der Waals surface area contributed by atoms with Crippen molar-refractivity contribution in [1.29, 1.82) is 0 Å². The second kappa shape index (κ2) is 4.33. The summed E-state index contributed by atoms with van der Waals surface area (Å²) in [5.41, 5.74) is 0.496. The molecule has 1 atom stereocenters. The Labute approximate surface area is 105 Å². The molecule has 0 N–H and O–H groups in total. The van der Waals surface area contributed by atoms with Crippen LogP contribution in [0, 0.1) is 0 Å². The number of furan rings is 1. The highest BCUT2D eigenvalue weighted by molar-refractivity contribution is 5.92. The molecule has 1 fully saturated rings. The second-order valence-electron chi connectivity index (χ2n) is 4.55. The number of likely N-dealkylation sites (tertiary alicyclic amines) is 1. The Morgan fingerprint density at radius 1 is 1.50 bits per heavy atom. The molecule has 1 aliphatic rings. The van der Waals surface area contributed by atoms with Crippen molar-refractivity contribution in [1.82, 2.24) is 14.7 Å². The first-order valence-electron chi connectivity index (χ1n) is 6.10. The van der Waals surface area contributed by atoms with Crippen LogP contribution < -0.4 is 0 Å². The maximum Gasteiger partial charge on any atom is 0.274 e. The Morgan fingerprint density at radius 2 is 2.39 bits per heavy atom. The highest BCUT2D eigenvalue weighted by Gasteiger charge is 2.33. The van der Waals surface area contributed by atoms with Crippen LogP contribution in [0.25, 0.3) is 0 Å². The first-order valence-corrected chi connectivity index (χ1v) is 6.10. The molecular formula is C13H15N3O2. The van der Waals surface area contributed by atoms with Crippen LogP contribution in [0.3, 0.4) is 0 Å². The number of aryl methyl sites for hydroxylation is 1. The lowest BCUT2D eigenvalue weighted by molar-refractivity contribution is 0.0713. The molecule has 0 radical (unpaired) electrons. The maximum atomic E-state index is 12.4. The third-order valence-corrected chi connectivity index (χ3v) is 3.32. The first-order chi connectivity index (χ1) is 8.75. The molecule has 0 bridgehead atoms. The number of hydrogen-bond acceptors (Lipinski definition) is 3. The van der Waals surface area contributed by atoms with Gasteiger partial charge in [-0.15, -0.1) is 0 Å². The summed E-state index contributed by atoms with van der Waals surface area (Å²) in [6.07, 6.45) is 5.39. The van der Waals surface area contributed by atoms with Crippen molar-refractivity contribution in [2.45, 2.75) is 18.9 Å². The van der Waals surface area contributed by atoms with Crippen LogP contribution in [0.15, 0.2) is 35.1 Å². The lowest BCUT2D eigenvalue weighted by Gasteiger charge is -2.22. The van der Waals surface area contributed by atoms with E-state index in [1.165, 1.54) is 0 Å². The second-order valence-corrected chi connectivity index (χ2v) is 4.55. The zero-order valence-electron chi connectivity index (χ0n) is 10.2. The normalized spacial score (nSPS) is 19.4. The van der Waals surface area contributed by atoms with E-state index in [-0.39, 0.29) is 11.9 Å². The van der Waals surface area contributed by atoms with Crippen LogP contribution in [-0.2, 0) is 7.05 Å². The monoisotopic (exact) mass is 245 g/mol. The molecule has 2 aromatic heterocycles. The average Bonchev–Trinajstić information content (AvgIpc) is 3.08. The van der Waals surface area contributed by atoms with E-state index in [4.69, 9.17) is 4.42 Å².